The average Bonchev–Trinajstić information content (AvgIpc) is 3.01. The first-order valence-corrected chi connectivity index (χ1v) is 7.75. The summed E-state index contributed by atoms with van der Waals surface area (Å²) in [6.07, 6.45) is 0.873. The van der Waals surface area contributed by atoms with E-state index < -0.39 is 0 Å². The fraction of sp³-hybridized carbons (Fsp3) is 0.533. The lowest BCUT2D eigenvalue weighted by molar-refractivity contribution is 0.0930. The molecule has 2 heterocycles. The number of nitrogens with one attached hydrogen (secondary N) is 2. The molecule has 114 valence electrons. The Labute approximate surface area is 129 Å². The number of carbonyl (C=O) groups excluding carboxylic acids is 1. The molecule has 1 aromatic rings. The maximum Gasteiger partial charge on any atom is 0.251 e. The summed E-state index contributed by atoms with van der Waals surface area (Å²) in [7, 11) is 0. The highest BCUT2D eigenvalue weighted by Crippen LogP contribution is 2.27. The van der Waals surface area contributed by atoms with Crippen LogP contribution in [0.3, 0.4) is 0 Å². The van der Waals surface area contributed by atoms with E-state index in [0.717, 1.165) is 38.3 Å². The van der Waals surface area contributed by atoms with E-state index in [2.05, 4.69) is 15.5 Å². The first-order chi connectivity index (χ1) is 10.2. The predicted octanol–water partition coefficient (Wildman–Crippen LogP) is 1.27. The molecule has 0 bridgehead atoms. The van der Waals surface area contributed by atoms with Gasteiger partial charge in [0.1, 0.15) is 0 Å². The monoisotopic (exact) mass is 309 g/mol. The highest BCUT2D eigenvalue weighted by Gasteiger charge is 2.20. The van der Waals surface area contributed by atoms with E-state index in [1.807, 2.05) is 12.1 Å². The normalized spacial score (nSPS) is 22.3. The largest absolute Gasteiger partial charge is 0.379 e. The van der Waals surface area contributed by atoms with Gasteiger partial charge in [0.25, 0.3) is 5.91 Å². The lowest BCUT2D eigenvalue weighted by Crippen LogP contribution is -2.43. The molecule has 6 heteroatoms. The van der Waals surface area contributed by atoms with Gasteiger partial charge in [-0.3, -0.25) is 4.79 Å². The summed E-state index contributed by atoms with van der Waals surface area (Å²) in [6, 6.07) is 5.65. The van der Waals surface area contributed by atoms with E-state index in [4.69, 9.17) is 16.3 Å². The Bertz CT molecular complexity index is 512. The number of hydrogen-bond donors (Lipinski definition) is 2. The van der Waals surface area contributed by atoms with E-state index >= 15 is 0 Å². The van der Waals surface area contributed by atoms with Gasteiger partial charge in [0.2, 0.25) is 0 Å². The molecule has 1 amide bonds. The summed E-state index contributed by atoms with van der Waals surface area (Å²) in [5.74, 6) is -0.0840. The Morgan fingerprint density at radius 3 is 2.86 bits per heavy atom. The molecule has 2 fully saturated rings. The molecule has 3 rings (SSSR count). The summed E-state index contributed by atoms with van der Waals surface area (Å²) >= 11 is 6.36. The van der Waals surface area contributed by atoms with Crippen molar-refractivity contribution in [2.24, 2.45) is 0 Å². The van der Waals surface area contributed by atoms with Gasteiger partial charge in [0.15, 0.2) is 0 Å². The Morgan fingerprint density at radius 1 is 1.38 bits per heavy atom. The summed E-state index contributed by atoms with van der Waals surface area (Å²) in [4.78, 5) is 14.4. The van der Waals surface area contributed by atoms with E-state index in [-0.39, 0.29) is 11.9 Å². The van der Waals surface area contributed by atoms with Crippen LogP contribution < -0.4 is 15.5 Å². The fourth-order valence-electron chi connectivity index (χ4n) is 2.73. The molecule has 2 N–H and O–H groups in total. The second-order valence-electron chi connectivity index (χ2n) is 5.44. The van der Waals surface area contributed by atoms with E-state index in [1.165, 1.54) is 0 Å². The Morgan fingerprint density at radius 2 is 2.19 bits per heavy atom. The minimum atomic E-state index is -0.0840. The highest BCUT2D eigenvalue weighted by molar-refractivity contribution is 6.33. The number of amides is 1. The number of piperazine rings is 1. The minimum absolute atomic E-state index is 0.0840. The third kappa shape index (κ3) is 3.48. The van der Waals surface area contributed by atoms with Crippen molar-refractivity contribution in [3.63, 3.8) is 0 Å². The van der Waals surface area contributed by atoms with Gasteiger partial charge in [0.05, 0.1) is 23.4 Å². The quantitative estimate of drug-likeness (QED) is 0.883. The van der Waals surface area contributed by atoms with Crippen molar-refractivity contribution in [1.82, 2.24) is 10.6 Å². The molecule has 0 aromatic heterocycles. The number of anilines is 1. The summed E-state index contributed by atoms with van der Waals surface area (Å²) in [5, 5.41) is 6.92. The van der Waals surface area contributed by atoms with E-state index in [0.29, 0.717) is 23.8 Å². The van der Waals surface area contributed by atoms with Crippen LogP contribution in [-0.4, -0.2) is 51.3 Å². The molecular formula is C15H20ClN3O2. The SMILES string of the molecule is O=C(N[C@@H]1CCOC1)c1ccc(N2CCNCC2)c(Cl)c1. The molecule has 0 radical (unpaired) electrons. The van der Waals surface area contributed by atoms with Gasteiger partial charge in [0, 0.05) is 38.3 Å². The molecule has 0 saturated carbocycles. The van der Waals surface area contributed by atoms with Crippen LogP contribution >= 0.6 is 11.6 Å². The molecule has 1 atom stereocenters. The first-order valence-electron chi connectivity index (χ1n) is 7.38. The third-order valence-corrected chi connectivity index (χ3v) is 4.24. The highest BCUT2D eigenvalue weighted by atomic mass is 35.5. The molecule has 2 aliphatic rings. The average molecular weight is 310 g/mol. The van der Waals surface area contributed by atoms with Crippen LogP contribution in [0.1, 0.15) is 16.8 Å². The van der Waals surface area contributed by atoms with Crippen LogP contribution in [0.2, 0.25) is 5.02 Å². The smallest absolute Gasteiger partial charge is 0.251 e. The number of carbonyl (C=O) groups is 1. The van der Waals surface area contributed by atoms with Crippen molar-refractivity contribution in [2.45, 2.75) is 12.5 Å². The second-order valence-corrected chi connectivity index (χ2v) is 5.84. The van der Waals surface area contributed by atoms with Crippen molar-refractivity contribution in [3.05, 3.63) is 28.8 Å². The first kappa shape index (κ1) is 14.6. The second kappa shape index (κ2) is 6.64. The van der Waals surface area contributed by atoms with Crippen molar-refractivity contribution in [1.29, 1.82) is 0 Å². The van der Waals surface area contributed by atoms with Gasteiger partial charge < -0.3 is 20.3 Å². The zero-order chi connectivity index (χ0) is 14.7. The Kier molecular flexibility index (Phi) is 4.63. The van der Waals surface area contributed by atoms with Crippen molar-refractivity contribution in [2.75, 3.05) is 44.3 Å². The van der Waals surface area contributed by atoms with Crippen LogP contribution in [-0.2, 0) is 4.74 Å². The third-order valence-electron chi connectivity index (χ3n) is 3.93. The molecule has 21 heavy (non-hydrogen) atoms. The molecule has 1 aromatic carbocycles. The molecule has 2 saturated heterocycles. The van der Waals surface area contributed by atoms with E-state index in [1.54, 1.807) is 6.07 Å². The molecule has 0 spiro atoms. The predicted molar refractivity (Wildman–Crippen MR) is 83.2 cm³/mol. The standard InChI is InChI=1S/C15H20ClN3O2/c16-13-9-11(15(20)18-12-3-8-21-10-12)1-2-14(13)19-6-4-17-5-7-19/h1-2,9,12,17H,3-8,10H2,(H,18,20)/t12-/m1/s1. The van der Waals surface area contributed by atoms with Crippen LogP contribution in [0, 0.1) is 0 Å². The molecular weight excluding hydrogens is 290 g/mol. The topological polar surface area (TPSA) is 53.6 Å². The zero-order valence-electron chi connectivity index (χ0n) is 11.9. The molecule has 0 aliphatic carbocycles. The number of hydrogen-bond acceptors (Lipinski definition) is 4. The van der Waals surface area contributed by atoms with E-state index in [9.17, 15) is 4.79 Å². The van der Waals surface area contributed by atoms with Crippen molar-refractivity contribution >= 4 is 23.2 Å². The summed E-state index contributed by atoms with van der Waals surface area (Å²) in [6.45, 7) is 5.10. The molecule has 0 unspecified atom stereocenters. The van der Waals surface area contributed by atoms with Crippen molar-refractivity contribution in [3.8, 4) is 0 Å². The summed E-state index contributed by atoms with van der Waals surface area (Å²) < 4.78 is 5.26. The van der Waals surface area contributed by atoms with Gasteiger partial charge in [-0.05, 0) is 24.6 Å². The van der Waals surface area contributed by atoms with Crippen molar-refractivity contribution < 1.29 is 9.53 Å². The number of ether oxygens (including phenoxy) is 1. The van der Waals surface area contributed by atoms with Crippen LogP contribution in [0.15, 0.2) is 18.2 Å². The van der Waals surface area contributed by atoms with Gasteiger partial charge in [-0.25, -0.2) is 0 Å². The van der Waals surface area contributed by atoms with Crippen LogP contribution in [0.4, 0.5) is 5.69 Å². The fourth-order valence-corrected chi connectivity index (χ4v) is 3.03. The maximum atomic E-state index is 12.2. The molecule has 2 aliphatic heterocycles. The van der Waals surface area contributed by atoms with Crippen LogP contribution in [0.5, 0.6) is 0 Å². The van der Waals surface area contributed by atoms with Gasteiger partial charge >= 0.3 is 0 Å². The summed E-state index contributed by atoms with van der Waals surface area (Å²) in [5.41, 5.74) is 1.60. The minimum Gasteiger partial charge on any atom is -0.379 e. The lowest BCUT2D eigenvalue weighted by Gasteiger charge is -2.30. The number of rotatable bonds is 3. The zero-order valence-corrected chi connectivity index (χ0v) is 12.7. The molecule has 5 nitrogen and oxygen atoms in total. The number of benzene rings is 1. The van der Waals surface area contributed by atoms with Gasteiger partial charge in [-0.2, -0.15) is 0 Å². The maximum absolute atomic E-state index is 12.2. The number of nitrogens with zero attached hydrogens (tertiary/aromatic N) is 1. The Balaban J connectivity index is 1.69. The number of halogens is 1. The lowest BCUT2D eigenvalue weighted by atomic mass is 10.1. The van der Waals surface area contributed by atoms with Gasteiger partial charge in [-0.15, -0.1) is 0 Å². The van der Waals surface area contributed by atoms with Crippen LogP contribution in [0.25, 0.3) is 0 Å². The Hall–Kier alpha value is -1.30. The van der Waals surface area contributed by atoms with Gasteiger partial charge in [-0.1, -0.05) is 11.6 Å².